The third-order valence-corrected chi connectivity index (χ3v) is 4.45. The molecule has 16 heavy (non-hydrogen) atoms. The molecule has 0 amide bonds. The van der Waals surface area contributed by atoms with Crippen molar-refractivity contribution < 1.29 is 0 Å². The molecule has 1 rings (SSSR count). The summed E-state index contributed by atoms with van der Waals surface area (Å²) in [5, 5.41) is 0.883. The smallest absolute Gasteiger partial charge is 0.0452 e. The van der Waals surface area contributed by atoms with Crippen LogP contribution in [0.5, 0.6) is 0 Å². The summed E-state index contributed by atoms with van der Waals surface area (Å²) < 4.78 is 0. The lowest BCUT2D eigenvalue weighted by molar-refractivity contribution is 0.514. The Morgan fingerprint density at radius 2 is 1.81 bits per heavy atom. The average molecular weight is 304 g/mol. The van der Waals surface area contributed by atoms with Gasteiger partial charge in [0.05, 0.1) is 0 Å². The molecule has 2 heteroatoms. The monoisotopic (exact) mass is 302 g/mol. The Bertz CT molecular complexity index is 360. The molecule has 0 aliphatic rings. The molecule has 0 spiro atoms. The van der Waals surface area contributed by atoms with Crippen LogP contribution in [0.2, 0.25) is 5.02 Å². The first-order chi connectivity index (χ1) is 7.45. The van der Waals surface area contributed by atoms with Gasteiger partial charge in [0.1, 0.15) is 0 Å². The molecule has 2 unspecified atom stereocenters. The molecule has 0 aliphatic carbocycles. The molecular weight excluding hydrogens is 284 g/mol. The second kappa shape index (κ2) is 6.07. The fraction of sp³-hybridized carbons (Fsp3) is 0.571. The minimum Gasteiger partial charge on any atom is -0.0840 e. The highest BCUT2D eigenvalue weighted by atomic mass is 79.9. The normalized spacial score (nSPS) is 14.9. The van der Waals surface area contributed by atoms with Crippen LogP contribution < -0.4 is 0 Å². The van der Waals surface area contributed by atoms with Crippen molar-refractivity contribution in [3.8, 4) is 0 Å². The van der Waals surface area contributed by atoms with Crippen LogP contribution in [-0.2, 0) is 0 Å². The lowest BCUT2D eigenvalue weighted by Crippen LogP contribution is -2.00. The van der Waals surface area contributed by atoms with E-state index in [0.29, 0.717) is 4.83 Å². The molecule has 0 bridgehead atoms. The highest BCUT2D eigenvalue weighted by Gasteiger charge is 2.15. The van der Waals surface area contributed by atoms with Crippen LogP contribution in [0.4, 0.5) is 0 Å². The SMILES string of the molecule is CCC(C)CC(Br)c1cc(C)c(C)cc1Cl. The molecule has 0 saturated heterocycles. The first-order valence-corrected chi connectivity index (χ1v) is 7.15. The second-order valence-corrected chi connectivity index (χ2v) is 6.19. The lowest BCUT2D eigenvalue weighted by Gasteiger charge is -2.17. The van der Waals surface area contributed by atoms with E-state index in [-0.39, 0.29) is 0 Å². The molecule has 0 nitrogen and oxygen atoms in total. The van der Waals surface area contributed by atoms with Crippen LogP contribution in [-0.4, -0.2) is 0 Å². The van der Waals surface area contributed by atoms with E-state index in [2.05, 4.69) is 55.8 Å². The van der Waals surface area contributed by atoms with Crippen LogP contribution in [0, 0.1) is 19.8 Å². The summed E-state index contributed by atoms with van der Waals surface area (Å²) in [5.74, 6) is 0.724. The van der Waals surface area contributed by atoms with E-state index < -0.39 is 0 Å². The van der Waals surface area contributed by atoms with Gasteiger partial charge in [-0.2, -0.15) is 0 Å². The second-order valence-electron chi connectivity index (χ2n) is 4.67. The predicted octanol–water partition coefficient (Wildman–Crippen LogP) is 5.83. The minimum atomic E-state index is 0.370. The Kier molecular flexibility index (Phi) is 5.33. The van der Waals surface area contributed by atoms with Gasteiger partial charge < -0.3 is 0 Å². The number of benzene rings is 1. The van der Waals surface area contributed by atoms with E-state index in [1.54, 1.807) is 0 Å². The van der Waals surface area contributed by atoms with E-state index in [0.717, 1.165) is 17.4 Å². The Hall–Kier alpha value is -0.0100. The lowest BCUT2D eigenvalue weighted by atomic mass is 9.97. The van der Waals surface area contributed by atoms with Crippen molar-refractivity contribution in [3.63, 3.8) is 0 Å². The molecule has 0 aliphatic heterocycles. The molecule has 0 heterocycles. The summed E-state index contributed by atoms with van der Waals surface area (Å²) in [6.45, 7) is 8.75. The molecule has 1 aromatic carbocycles. The van der Waals surface area contributed by atoms with Gasteiger partial charge >= 0.3 is 0 Å². The molecule has 0 aromatic heterocycles. The molecular formula is C14H20BrCl. The third-order valence-electron chi connectivity index (χ3n) is 3.26. The maximum absolute atomic E-state index is 6.29. The Morgan fingerprint density at radius 3 is 2.38 bits per heavy atom. The molecule has 0 saturated carbocycles. The first kappa shape index (κ1) is 14.1. The number of hydrogen-bond acceptors (Lipinski definition) is 0. The van der Waals surface area contributed by atoms with Gasteiger partial charge in [0.2, 0.25) is 0 Å². The van der Waals surface area contributed by atoms with Crippen LogP contribution in [0.25, 0.3) is 0 Å². The van der Waals surface area contributed by atoms with Gasteiger partial charge in [-0.1, -0.05) is 53.9 Å². The molecule has 2 atom stereocenters. The van der Waals surface area contributed by atoms with Crippen molar-refractivity contribution >= 4 is 27.5 Å². The first-order valence-electron chi connectivity index (χ1n) is 5.86. The van der Waals surface area contributed by atoms with Gasteiger partial charge in [0.25, 0.3) is 0 Å². The summed E-state index contributed by atoms with van der Waals surface area (Å²) in [7, 11) is 0. The third kappa shape index (κ3) is 3.49. The Morgan fingerprint density at radius 1 is 1.25 bits per heavy atom. The fourth-order valence-electron chi connectivity index (χ4n) is 1.69. The number of aryl methyl sites for hydroxylation is 2. The van der Waals surface area contributed by atoms with Crippen molar-refractivity contribution in [2.75, 3.05) is 0 Å². The zero-order chi connectivity index (χ0) is 12.3. The quantitative estimate of drug-likeness (QED) is 0.614. The standard InChI is InChI=1S/C14H20BrCl/c1-5-9(2)6-13(15)12-7-10(3)11(4)8-14(12)16/h7-9,13H,5-6H2,1-4H3. The number of rotatable bonds is 4. The van der Waals surface area contributed by atoms with Gasteiger partial charge in [0, 0.05) is 9.85 Å². The van der Waals surface area contributed by atoms with Crippen LogP contribution >= 0.6 is 27.5 Å². The number of hydrogen-bond donors (Lipinski definition) is 0. The van der Waals surface area contributed by atoms with Gasteiger partial charge in [-0.3, -0.25) is 0 Å². The molecule has 0 fully saturated rings. The maximum atomic E-state index is 6.29. The topological polar surface area (TPSA) is 0 Å². The van der Waals surface area contributed by atoms with E-state index in [4.69, 9.17) is 11.6 Å². The maximum Gasteiger partial charge on any atom is 0.0452 e. The van der Waals surface area contributed by atoms with Gasteiger partial charge in [-0.25, -0.2) is 0 Å². The Labute approximate surface area is 113 Å². The van der Waals surface area contributed by atoms with Gasteiger partial charge in [0.15, 0.2) is 0 Å². The van der Waals surface area contributed by atoms with Crippen molar-refractivity contribution in [2.45, 2.75) is 45.4 Å². The molecule has 1 aromatic rings. The summed E-state index contributed by atoms with van der Waals surface area (Å²) in [6.07, 6.45) is 2.35. The fourth-order valence-corrected chi connectivity index (χ4v) is 3.19. The summed E-state index contributed by atoms with van der Waals surface area (Å²) in [5.41, 5.74) is 3.80. The summed E-state index contributed by atoms with van der Waals surface area (Å²) >= 11 is 10.0. The van der Waals surface area contributed by atoms with E-state index in [1.165, 1.54) is 23.1 Å². The van der Waals surface area contributed by atoms with Gasteiger partial charge in [-0.15, -0.1) is 0 Å². The average Bonchev–Trinajstić information content (AvgIpc) is 2.23. The predicted molar refractivity (Wildman–Crippen MR) is 76.7 cm³/mol. The number of halogens is 2. The van der Waals surface area contributed by atoms with Crippen LogP contribution in [0.3, 0.4) is 0 Å². The van der Waals surface area contributed by atoms with E-state index in [9.17, 15) is 0 Å². The molecule has 0 radical (unpaired) electrons. The minimum absolute atomic E-state index is 0.370. The largest absolute Gasteiger partial charge is 0.0840 e. The van der Waals surface area contributed by atoms with Crippen LogP contribution in [0.15, 0.2) is 12.1 Å². The molecule has 0 N–H and O–H groups in total. The van der Waals surface area contributed by atoms with E-state index in [1.807, 2.05) is 0 Å². The number of alkyl halides is 1. The van der Waals surface area contributed by atoms with Crippen molar-refractivity contribution in [2.24, 2.45) is 5.92 Å². The van der Waals surface area contributed by atoms with Crippen LogP contribution in [0.1, 0.15) is 48.2 Å². The summed E-state index contributed by atoms with van der Waals surface area (Å²) in [4.78, 5) is 0.370. The highest BCUT2D eigenvalue weighted by molar-refractivity contribution is 9.09. The van der Waals surface area contributed by atoms with Crippen molar-refractivity contribution in [1.82, 2.24) is 0 Å². The molecule has 90 valence electrons. The van der Waals surface area contributed by atoms with Gasteiger partial charge in [-0.05, 0) is 48.9 Å². The summed E-state index contributed by atoms with van der Waals surface area (Å²) in [6, 6.07) is 4.27. The highest BCUT2D eigenvalue weighted by Crippen LogP contribution is 2.36. The van der Waals surface area contributed by atoms with E-state index >= 15 is 0 Å². The zero-order valence-corrected chi connectivity index (χ0v) is 12.8. The Balaban J connectivity index is 2.91. The van der Waals surface area contributed by atoms with Crippen molar-refractivity contribution in [1.29, 1.82) is 0 Å². The van der Waals surface area contributed by atoms with Crippen molar-refractivity contribution in [3.05, 3.63) is 33.8 Å². The zero-order valence-electron chi connectivity index (χ0n) is 10.5.